The zero-order valence-electron chi connectivity index (χ0n) is 16.3. The Morgan fingerprint density at radius 1 is 1.12 bits per heavy atom. The van der Waals surface area contributed by atoms with Gasteiger partial charge in [0.25, 0.3) is 0 Å². The van der Waals surface area contributed by atoms with Gasteiger partial charge in [0.1, 0.15) is 0 Å². The molecule has 1 N–H and O–H groups in total. The van der Waals surface area contributed by atoms with Crippen LogP contribution in [0.4, 0.5) is 0 Å². The van der Waals surface area contributed by atoms with Crippen LogP contribution in [0.1, 0.15) is 72.1 Å². The summed E-state index contributed by atoms with van der Waals surface area (Å²) in [6.07, 6.45) is 13.6. The molecule has 0 spiro atoms. The molecule has 0 aliphatic heterocycles. The van der Waals surface area contributed by atoms with Crippen LogP contribution in [0.3, 0.4) is 0 Å². The normalized spacial score (nSPS) is 34.4. The zero-order chi connectivity index (χ0) is 18.4. The highest BCUT2D eigenvalue weighted by molar-refractivity contribution is 5.80. The third-order valence-corrected chi connectivity index (χ3v) is 6.02. The van der Waals surface area contributed by atoms with Gasteiger partial charge in [0.15, 0.2) is 0 Å². The lowest BCUT2D eigenvalue weighted by molar-refractivity contribution is -0.150. The number of esters is 1. The minimum Gasteiger partial charge on any atom is -0.469 e. The summed E-state index contributed by atoms with van der Waals surface area (Å²) < 4.78 is 5.08. The fourth-order valence-electron chi connectivity index (χ4n) is 3.93. The molecule has 3 heteroatoms. The number of aliphatic hydroxyl groups excluding tert-OH is 1. The van der Waals surface area contributed by atoms with E-state index in [0.29, 0.717) is 6.42 Å². The van der Waals surface area contributed by atoms with E-state index >= 15 is 0 Å². The summed E-state index contributed by atoms with van der Waals surface area (Å²) in [5.41, 5.74) is 3.44. The Morgan fingerprint density at radius 3 is 2.44 bits per heavy atom. The fourth-order valence-corrected chi connectivity index (χ4v) is 3.93. The van der Waals surface area contributed by atoms with Crippen molar-refractivity contribution in [2.75, 3.05) is 7.11 Å². The van der Waals surface area contributed by atoms with Crippen LogP contribution >= 0.6 is 0 Å². The molecule has 0 bridgehead atoms. The number of aliphatic hydroxyl groups is 1. The lowest BCUT2D eigenvalue weighted by Crippen LogP contribution is -2.30. The molecule has 1 fully saturated rings. The number of hydrogen-bond acceptors (Lipinski definition) is 3. The van der Waals surface area contributed by atoms with E-state index in [1.807, 2.05) is 6.92 Å². The van der Waals surface area contributed by atoms with Crippen molar-refractivity contribution in [2.24, 2.45) is 11.3 Å². The molecule has 0 aromatic carbocycles. The van der Waals surface area contributed by atoms with Crippen molar-refractivity contribution in [1.82, 2.24) is 0 Å². The Hall–Kier alpha value is -1.35. The van der Waals surface area contributed by atoms with E-state index in [2.05, 4.69) is 32.1 Å². The molecule has 0 amide bonds. The molecule has 0 aromatic heterocycles. The highest BCUT2D eigenvalue weighted by Gasteiger charge is 2.56. The first-order valence-corrected chi connectivity index (χ1v) is 9.63. The first-order chi connectivity index (χ1) is 11.9. The Morgan fingerprint density at radius 2 is 1.80 bits per heavy atom. The van der Waals surface area contributed by atoms with Crippen LogP contribution in [-0.4, -0.2) is 24.3 Å². The van der Waals surface area contributed by atoms with Crippen molar-refractivity contribution < 1.29 is 14.6 Å². The second-order valence-corrected chi connectivity index (χ2v) is 7.96. The quantitative estimate of drug-likeness (QED) is 0.558. The van der Waals surface area contributed by atoms with Gasteiger partial charge < -0.3 is 9.84 Å². The van der Waals surface area contributed by atoms with Gasteiger partial charge in [0.2, 0.25) is 0 Å². The van der Waals surface area contributed by atoms with Crippen molar-refractivity contribution in [3.05, 3.63) is 34.9 Å². The third kappa shape index (κ3) is 5.31. The number of rotatable bonds is 2. The molecule has 25 heavy (non-hydrogen) atoms. The van der Waals surface area contributed by atoms with Gasteiger partial charge in [-0.2, -0.15) is 0 Å². The minimum absolute atomic E-state index is 0.0901. The molecule has 0 radical (unpaired) electrons. The number of ether oxygens (including phenoxy) is 1. The molecule has 0 aromatic rings. The Balaban J connectivity index is 2.21. The van der Waals surface area contributed by atoms with Gasteiger partial charge in [-0.3, -0.25) is 4.79 Å². The molecule has 3 nitrogen and oxygen atoms in total. The molecule has 1 saturated carbocycles. The summed E-state index contributed by atoms with van der Waals surface area (Å²) >= 11 is 0. The maximum absolute atomic E-state index is 12.3. The summed E-state index contributed by atoms with van der Waals surface area (Å²) in [5, 5.41) is 10.7. The number of hydrogen-bond donors (Lipinski definition) is 1. The molecule has 0 heterocycles. The number of allylic oxidation sites excluding steroid dienone is 5. The average Bonchev–Trinajstić information content (AvgIpc) is 3.38. The number of methoxy groups -OCH3 is 1. The van der Waals surface area contributed by atoms with Crippen LogP contribution in [0.2, 0.25) is 0 Å². The van der Waals surface area contributed by atoms with Gasteiger partial charge in [-0.1, -0.05) is 29.4 Å². The Labute approximate surface area is 152 Å². The lowest BCUT2D eigenvalue weighted by Gasteiger charge is -2.28. The van der Waals surface area contributed by atoms with Crippen molar-refractivity contribution >= 4 is 5.97 Å². The summed E-state index contributed by atoms with van der Waals surface area (Å²) in [5.74, 6) is 0.0921. The van der Waals surface area contributed by atoms with Gasteiger partial charge >= 0.3 is 5.97 Å². The van der Waals surface area contributed by atoms with Crippen LogP contribution in [0.5, 0.6) is 0 Å². The molecule has 2 aliphatic rings. The van der Waals surface area contributed by atoms with E-state index in [1.54, 1.807) is 0 Å². The van der Waals surface area contributed by atoms with Crippen LogP contribution < -0.4 is 0 Å². The third-order valence-electron chi connectivity index (χ3n) is 6.02. The summed E-state index contributed by atoms with van der Waals surface area (Å²) in [6.45, 7) is 6.36. The largest absolute Gasteiger partial charge is 0.469 e. The first kappa shape index (κ1) is 20.0. The monoisotopic (exact) mass is 346 g/mol. The molecule has 140 valence electrons. The average molecular weight is 347 g/mol. The van der Waals surface area contributed by atoms with Gasteiger partial charge in [0.05, 0.1) is 18.6 Å². The number of carbonyl (C=O) groups is 1. The van der Waals surface area contributed by atoms with Crippen LogP contribution in [0.25, 0.3) is 0 Å². The molecule has 2 atom stereocenters. The highest BCUT2D eigenvalue weighted by Crippen LogP contribution is 2.56. The second kappa shape index (κ2) is 8.84. The number of carbonyl (C=O) groups excluding carboxylic acids is 1. The van der Waals surface area contributed by atoms with Gasteiger partial charge in [-0.15, -0.1) is 0 Å². The highest BCUT2D eigenvalue weighted by atomic mass is 16.5. The van der Waals surface area contributed by atoms with Crippen LogP contribution in [0, 0.1) is 11.3 Å². The molecule has 2 aliphatic carbocycles. The van der Waals surface area contributed by atoms with Crippen molar-refractivity contribution in [3.63, 3.8) is 0 Å². The minimum atomic E-state index is -0.479. The first-order valence-electron chi connectivity index (χ1n) is 9.63. The van der Waals surface area contributed by atoms with E-state index in [4.69, 9.17) is 4.74 Å². The predicted octanol–water partition coefficient (Wildman–Crippen LogP) is 5.11. The summed E-state index contributed by atoms with van der Waals surface area (Å²) in [7, 11) is 1.48. The van der Waals surface area contributed by atoms with E-state index in [-0.39, 0.29) is 17.3 Å². The summed E-state index contributed by atoms with van der Waals surface area (Å²) in [6, 6.07) is 0. The van der Waals surface area contributed by atoms with E-state index < -0.39 is 6.10 Å². The maximum atomic E-state index is 12.3. The van der Waals surface area contributed by atoms with Crippen LogP contribution in [0.15, 0.2) is 34.9 Å². The molecule has 0 saturated heterocycles. The SMILES string of the molecule is COC(=O)C1([C@H]2CC/C(C)=C/CC/C(C)=C/C/C=C(\C)[C@H](O)C2)CC1. The van der Waals surface area contributed by atoms with Gasteiger partial charge in [-0.05, 0) is 83.6 Å². The fraction of sp³-hybridized carbons (Fsp3) is 0.682. The van der Waals surface area contributed by atoms with E-state index in [9.17, 15) is 9.90 Å². The zero-order valence-corrected chi connectivity index (χ0v) is 16.3. The summed E-state index contributed by atoms with van der Waals surface area (Å²) in [4.78, 5) is 12.3. The van der Waals surface area contributed by atoms with E-state index in [0.717, 1.165) is 50.5 Å². The van der Waals surface area contributed by atoms with Gasteiger partial charge in [0, 0.05) is 0 Å². The smallest absolute Gasteiger partial charge is 0.312 e. The van der Waals surface area contributed by atoms with Gasteiger partial charge in [-0.25, -0.2) is 0 Å². The maximum Gasteiger partial charge on any atom is 0.312 e. The molecular weight excluding hydrogens is 312 g/mol. The molecule has 2 rings (SSSR count). The predicted molar refractivity (Wildman–Crippen MR) is 102 cm³/mol. The topological polar surface area (TPSA) is 46.5 Å². The lowest BCUT2D eigenvalue weighted by atomic mass is 9.79. The second-order valence-electron chi connectivity index (χ2n) is 7.96. The van der Waals surface area contributed by atoms with Crippen molar-refractivity contribution in [1.29, 1.82) is 0 Å². The Kier molecular flexibility index (Phi) is 7.06. The molecular formula is C22H34O3. The van der Waals surface area contributed by atoms with Crippen molar-refractivity contribution in [2.45, 2.75) is 78.2 Å². The van der Waals surface area contributed by atoms with E-state index in [1.165, 1.54) is 18.3 Å². The van der Waals surface area contributed by atoms with Crippen LogP contribution in [-0.2, 0) is 9.53 Å². The Bertz CT molecular complexity index is 564. The standard InChI is InChI=1S/C22H34O3/c1-16-7-5-8-17(2)11-12-19(22(13-14-22)21(24)25-4)15-20(23)18(3)10-6-9-16/h8-10,19-20,23H,5-7,11-15H2,1-4H3/b16-9+,17-8+,18-10+/t19-,20+/m0/s1. The molecule has 0 unspecified atom stereocenters. The van der Waals surface area contributed by atoms with Crippen molar-refractivity contribution in [3.8, 4) is 0 Å².